The fraction of sp³-hybridized carbons (Fsp3) is 0.333. The van der Waals surface area contributed by atoms with Crippen LogP contribution < -0.4 is 5.32 Å². The topological polar surface area (TPSA) is 86.6 Å². The predicted molar refractivity (Wildman–Crippen MR) is 75.4 cm³/mol. The number of carbonyl (C=O) groups is 2. The molecule has 0 saturated heterocycles. The smallest absolute Gasteiger partial charge is 0.416 e. The van der Waals surface area contributed by atoms with Gasteiger partial charge in [0.15, 0.2) is 6.10 Å². The van der Waals surface area contributed by atoms with Crippen molar-refractivity contribution >= 4 is 11.9 Å². The van der Waals surface area contributed by atoms with Crippen molar-refractivity contribution in [2.24, 2.45) is 0 Å². The Morgan fingerprint density at radius 3 is 2.17 bits per heavy atom. The molecule has 8 heteroatoms. The van der Waals surface area contributed by atoms with Crippen molar-refractivity contribution < 1.29 is 33.0 Å². The van der Waals surface area contributed by atoms with Crippen LogP contribution in [-0.2, 0) is 15.8 Å². The highest BCUT2D eigenvalue weighted by Crippen LogP contribution is 2.29. The minimum Gasteiger partial charge on any atom is -0.480 e. The summed E-state index contributed by atoms with van der Waals surface area (Å²) in [6.45, 7) is 5.11. The highest BCUT2D eigenvalue weighted by Gasteiger charge is 2.31. The summed E-state index contributed by atoms with van der Waals surface area (Å²) in [7, 11) is 0. The third kappa shape index (κ3) is 5.41. The summed E-state index contributed by atoms with van der Waals surface area (Å²) in [4.78, 5) is 22.9. The Bertz CT molecular complexity index is 596. The van der Waals surface area contributed by atoms with Crippen LogP contribution >= 0.6 is 0 Å². The van der Waals surface area contributed by atoms with E-state index in [4.69, 9.17) is 5.11 Å². The SMILES string of the molecule is C=C(C)C[C@H](NC(=O)[C@H](O)c1ccc(C(F)(F)F)cc1)C(=O)O. The molecule has 0 saturated carbocycles. The van der Waals surface area contributed by atoms with Gasteiger partial charge in [0.05, 0.1) is 5.56 Å². The number of aliphatic hydroxyl groups is 1. The molecule has 1 rings (SSSR count). The Kier molecular flexibility index (Phi) is 5.91. The Balaban J connectivity index is 2.83. The van der Waals surface area contributed by atoms with E-state index < -0.39 is 35.8 Å². The number of aliphatic hydroxyl groups excluding tert-OH is 1. The number of nitrogens with one attached hydrogen (secondary N) is 1. The molecule has 5 nitrogen and oxygen atoms in total. The molecule has 1 amide bonds. The maximum absolute atomic E-state index is 12.4. The number of hydrogen-bond donors (Lipinski definition) is 3. The second-order valence-electron chi connectivity index (χ2n) is 5.08. The quantitative estimate of drug-likeness (QED) is 0.698. The molecule has 0 heterocycles. The van der Waals surface area contributed by atoms with Crippen molar-refractivity contribution in [3.63, 3.8) is 0 Å². The largest absolute Gasteiger partial charge is 0.480 e. The van der Waals surface area contributed by atoms with Gasteiger partial charge in [-0.15, -0.1) is 6.58 Å². The summed E-state index contributed by atoms with van der Waals surface area (Å²) in [5, 5.41) is 20.9. The lowest BCUT2D eigenvalue weighted by Gasteiger charge is -2.18. The third-order valence-corrected chi connectivity index (χ3v) is 2.97. The zero-order valence-corrected chi connectivity index (χ0v) is 12.2. The zero-order chi connectivity index (χ0) is 17.8. The van der Waals surface area contributed by atoms with Crippen LogP contribution in [0.3, 0.4) is 0 Å². The summed E-state index contributed by atoms with van der Waals surface area (Å²) in [5.41, 5.74) is -0.476. The molecule has 0 fully saturated rings. The van der Waals surface area contributed by atoms with Gasteiger partial charge in [-0.2, -0.15) is 13.2 Å². The van der Waals surface area contributed by atoms with E-state index in [-0.39, 0.29) is 12.0 Å². The molecule has 0 aromatic heterocycles. The minimum absolute atomic E-state index is 0.0270. The summed E-state index contributed by atoms with van der Waals surface area (Å²) < 4.78 is 37.3. The third-order valence-electron chi connectivity index (χ3n) is 2.97. The molecule has 0 aliphatic heterocycles. The average Bonchev–Trinajstić information content (AvgIpc) is 2.44. The van der Waals surface area contributed by atoms with Crippen LogP contribution in [0.15, 0.2) is 36.4 Å². The Hall–Kier alpha value is -2.35. The number of aliphatic carboxylic acids is 1. The highest BCUT2D eigenvalue weighted by molar-refractivity contribution is 5.87. The van der Waals surface area contributed by atoms with Crippen molar-refractivity contribution in [2.45, 2.75) is 31.7 Å². The standard InChI is InChI=1S/C15H16F3NO4/c1-8(2)7-11(14(22)23)19-13(21)12(20)9-3-5-10(6-4-9)15(16,17)18/h3-6,11-12,20H,1,7H2,2H3,(H,19,21)(H,22,23)/t11-,12+/m0/s1. The van der Waals surface area contributed by atoms with Gasteiger partial charge in [-0.1, -0.05) is 17.7 Å². The van der Waals surface area contributed by atoms with Gasteiger partial charge in [0.1, 0.15) is 6.04 Å². The van der Waals surface area contributed by atoms with Gasteiger partial charge in [-0.25, -0.2) is 4.79 Å². The second kappa shape index (κ2) is 7.28. The highest BCUT2D eigenvalue weighted by atomic mass is 19.4. The number of amides is 1. The molecule has 0 aliphatic carbocycles. The Labute approximate surface area is 130 Å². The van der Waals surface area contributed by atoms with E-state index in [0.717, 1.165) is 24.3 Å². The van der Waals surface area contributed by atoms with E-state index in [1.165, 1.54) is 0 Å². The average molecular weight is 331 g/mol. The zero-order valence-electron chi connectivity index (χ0n) is 12.2. The number of carbonyl (C=O) groups excluding carboxylic acids is 1. The van der Waals surface area contributed by atoms with Crippen LogP contribution in [0.4, 0.5) is 13.2 Å². The van der Waals surface area contributed by atoms with Gasteiger partial charge in [0, 0.05) is 0 Å². The lowest BCUT2D eigenvalue weighted by atomic mass is 10.0. The van der Waals surface area contributed by atoms with Gasteiger partial charge in [-0.05, 0) is 31.0 Å². The summed E-state index contributed by atoms with van der Waals surface area (Å²) in [6, 6.07) is 2.11. The predicted octanol–water partition coefficient (Wildman–Crippen LogP) is 2.27. The van der Waals surface area contributed by atoms with Crippen LogP contribution in [0.2, 0.25) is 0 Å². The summed E-state index contributed by atoms with van der Waals surface area (Å²) in [5.74, 6) is -2.32. The Morgan fingerprint density at radius 1 is 1.26 bits per heavy atom. The van der Waals surface area contributed by atoms with Gasteiger partial charge in [0.25, 0.3) is 5.91 Å². The molecule has 126 valence electrons. The number of halogens is 3. The van der Waals surface area contributed by atoms with E-state index >= 15 is 0 Å². The lowest BCUT2D eigenvalue weighted by molar-refractivity contribution is -0.143. The fourth-order valence-corrected chi connectivity index (χ4v) is 1.80. The molecule has 23 heavy (non-hydrogen) atoms. The van der Waals surface area contributed by atoms with Crippen LogP contribution in [0.5, 0.6) is 0 Å². The first-order valence-corrected chi connectivity index (χ1v) is 6.55. The lowest BCUT2D eigenvalue weighted by Crippen LogP contribution is -2.43. The van der Waals surface area contributed by atoms with Crippen molar-refractivity contribution in [2.75, 3.05) is 0 Å². The van der Waals surface area contributed by atoms with Crippen LogP contribution in [0.25, 0.3) is 0 Å². The number of benzene rings is 1. The van der Waals surface area contributed by atoms with Crippen molar-refractivity contribution in [3.05, 3.63) is 47.5 Å². The molecule has 0 bridgehead atoms. The maximum atomic E-state index is 12.4. The van der Waals surface area contributed by atoms with Gasteiger partial charge in [0.2, 0.25) is 0 Å². The molecule has 1 aromatic rings. The van der Waals surface area contributed by atoms with Crippen LogP contribution in [0.1, 0.15) is 30.6 Å². The minimum atomic E-state index is -4.53. The molecule has 2 atom stereocenters. The van der Waals surface area contributed by atoms with E-state index in [0.29, 0.717) is 5.57 Å². The summed E-state index contributed by atoms with van der Waals surface area (Å²) in [6.07, 6.45) is -6.33. The molecule has 3 N–H and O–H groups in total. The monoisotopic (exact) mass is 331 g/mol. The summed E-state index contributed by atoms with van der Waals surface area (Å²) >= 11 is 0. The van der Waals surface area contributed by atoms with Crippen molar-refractivity contribution in [1.29, 1.82) is 0 Å². The van der Waals surface area contributed by atoms with Gasteiger partial charge < -0.3 is 15.5 Å². The second-order valence-corrected chi connectivity index (χ2v) is 5.08. The molecule has 0 aliphatic rings. The van der Waals surface area contributed by atoms with Crippen LogP contribution in [-0.4, -0.2) is 28.1 Å². The number of hydrogen-bond acceptors (Lipinski definition) is 3. The normalized spacial score (nSPS) is 14.0. The van der Waals surface area contributed by atoms with Gasteiger partial charge >= 0.3 is 12.1 Å². The molecule has 1 aromatic carbocycles. The number of rotatable bonds is 6. The molecule has 0 radical (unpaired) electrons. The van der Waals surface area contributed by atoms with Crippen molar-refractivity contribution in [1.82, 2.24) is 5.32 Å². The number of carboxylic acid groups (broad SMARTS) is 1. The van der Waals surface area contributed by atoms with E-state index in [1.54, 1.807) is 6.92 Å². The molecular weight excluding hydrogens is 315 g/mol. The van der Waals surface area contributed by atoms with Gasteiger partial charge in [-0.3, -0.25) is 4.79 Å². The van der Waals surface area contributed by atoms with Crippen molar-refractivity contribution in [3.8, 4) is 0 Å². The maximum Gasteiger partial charge on any atom is 0.416 e. The van der Waals surface area contributed by atoms with Crippen LogP contribution in [0, 0.1) is 0 Å². The first-order chi connectivity index (χ1) is 10.5. The molecule has 0 unspecified atom stereocenters. The molecular formula is C15H16F3NO4. The van der Waals surface area contributed by atoms with E-state index in [2.05, 4.69) is 11.9 Å². The first kappa shape index (κ1) is 18.7. The Morgan fingerprint density at radius 2 is 1.78 bits per heavy atom. The van der Waals surface area contributed by atoms with E-state index in [9.17, 15) is 27.9 Å². The molecule has 0 spiro atoms. The number of carboxylic acids is 1. The number of alkyl halides is 3. The fourth-order valence-electron chi connectivity index (χ4n) is 1.80. The van der Waals surface area contributed by atoms with E-state index in [1.807, 2.05) is 0 Å². The first-order valence-electron chi connectivity index (χ1n) is 6.55.